The van der Waals surface area contributed by atoms with Gasteiger partial charge in [0.15, 0.2) is 5.13 Å². The number of nitrogens with one attached hydrogen (secondary N) is 1. The fourth-order valence-electron chi connectivity index (χ4n) is 2.68. The van der Waals surface area contributed by atoms with Crippen molar-refractivity contribution in [3.05, 3.63) is 18.2 Å². The number of hydrogen-bond acceptors (Lipinski definition) is 4. The fourth-order valence-corrected chi connectivity index (χ4v) is 3.64. The Bertz CT molecular complexity index is 572. The van der Waals surface area contributed by atoms with Crippen LogP contribution in [0.15, 0.2) is 18.2 Å². The van der Waals surface area contributed by atoms with E-state index in [4.69, 9.17) is 5.73 Å². The first kappa shape index (κ1) is 10.6. The van der Waals surface area contributed by atoms with Crippen LogP contribution in [0.2, 0.25) is 0 Å². The Morgan fingerprint density at radius 3 is 2.61 bits per heavy atom. The van der Waals surface area contributed by atoms with Gasteiger partial charge in [-0.1, -0.05) is 11.3 Å². The van der Waals surface area contributed by atoms with Gasteiger partial charge < -0.3 is 11.1 Å². The van der Waals surface area contributed by atoms with Crippen molar-refractivity contribution in [2.45, 2.75) is 31.7 Å². The first-order valence-electron chi connectivity index (χ1n) is 6.72. The number of rotatable bonds is 4. The minimum Gasteiger partial charge on any atom is -0.399 e. The van der Waals surface area contributed by atoms with Crippen molar-refractivity contribution in [1.29, 1.82) is 0 Å². The highest BCUT2D eigenvalue weighted by Gasteiger charge is 2.41. The van der Waals surface area contributed by atoms with E-state index in [0.29, 0.717) is 6.04 Å². The van der Waals surface area contributed by atoms with E-state index in [1.165, 1.54) is 30.4 Å². The summed E-state index contributed by atoms with van der Waals surface area (Å²) >= 11 is 1.73. The zero-order valence-corrected chi connectivity index (χ0v) is 11.0. The Labute approximate surface area is 110 Å². The van der Waals surface area contributed by atoms with Crippen LogP contribution in [0.25, 0.3) is 10.2 Å². The lowest BCUT2D eigenvalue weighted by molar-refractivity contribution is 0.567. The van der Waals surface area contributed by atoms with Gasteiger partial charge >= 0.3 is 0 Å². The highest BCUT2D eigenvalue weighted by Crippen LogP contribution is 2.46. The van der Waals surface area contributed by atoms with Crippen LogP contribution < -0.4 is 11.1 Å². The molecular weight excluding hydrogens is 242 g/mol. The van der Waals surface area contributed by atoms with E-state index in [9.17, 15) is 0 Å². The summed E-state index contributed by atoms with van der Waals surface area (Å²) in [5.74, 6) is 1.80. The number of aromatic nitrogens is 1. The van der Waals surface area contributed by atoms with Crippen LogP contribution in [0.5, 0.6) is 0 Å². The molecule has 2 aliphatic rings. The monoisotopic (exact) mass is 259 g/mol. The molecule has 2 fully saturated rings. The normalized spacial score (nSPS) is 19.6. The molecule has 2 aromatic rings. The van der Waals surface area contributed by atoms with Gasteiger partial charge in [-0.05, 0) is 55.7 Å². The minimum atomic E-state index is 0.669. The summed E-state index contributed by atoms with van der Waals surface area (Å²) in [6.45, 7) is 0. The number of hydrogen-bond donors (Lipinski definition) is 2. The lowest BCUT2D eigenvalue weighted by atomic mass is 10.1. The number of nitrogens with two attached hydrogens (primary N) is 1. The van der Waals surface area contributed by atoms with E-state index in [-0.39, 0.29) is 0 Å². The van der Waals surface area contributed by atoms with Crippen LogP contribution in [-0.2, 0) is 0 Å². The molecule has 2 saturated carbocycles. The maximum absolute atomic E-state index is 5.81. The maximum atomic E-state index is 5.81. The number of nitrogen functional groups attached to an aromatic ring is 1. The van der Waals surface area contributed by atoms with Crippen LogP contribution in [0.3, 0.4) is 0 Å². The molecule has 1 aromatic heterocycles. The summed E-state index contributed by atoms with van der Waals surface area (Å²) in [7, 11) is 0. The molecule has 4 rings (SSSR count). The predicted molar refractivity (Wildman–Crippen MR) is 76.9 cm³/mol. The van der Waals surface area contributed by atoms with Gasteiger partial charge in [0.25, 0.3) is 0 Å². The van der Waals surface area contributed by atoms with Gasteiger partial charge in [-0.2, -0.15) is 0 Å². The molecule has 0 bridgehead atoms. The minimum absolute atomic E-state index is 0.669. The smallest absolute Gasteiger partial charge is 0.184 e. The molecule has 0 unspecified atom stereocenters. The largest absolute Gasteiger partial charge is 0.399 e. The number of benzene rings is 1. The molecule has 4 heteroatoms. The summed E-state index contributed by atoms with van der Waals surface area (Å²) in [5, 5.41) is 4.75. The molecule has 18 heavy (non-hydrogen) atoms. The van der Waals surface area contributed by atoms with Crippen molar-refractivity contribution in [3.8, 4) is 0 Å². The number of fused-ring (bicyclic) bond motifs is 1. The summed E-state index contributed by atoms with van der Waals surface area (Å²) < 4.78 is 1.18. The van der Waals surface area contributed by atoms with Gasteiger partial charge in [0.2, 0.25) is 0 Å². The summed E-state index contributed by atoms with van der Waals surface area (Å²) in [4.78, 5) is 4.67. The molecule has 0 amide bonds. The highest BCUT2D eigenvalue weighted by molar-refractivity contribution is 7.22. The van der Waals surface area contributed by atoms with E-state index < -0.39 is 0 Å². The Hall–Kier alpha value is -1.29. The molecule has 1 heterocycles. The average molecular weight is 259 g/mol. The molecule has 2 aliphatic carbocycles. The highest BCUT2D eigenvalue weighted by atomic mass is 32.1. The van der Waals surface area contributed by atoms with Gasteiger partial charge in [0.1, 0.15) is 0 Å². The predicted octanol–water partition coefficient (Wildman–Crippen LogP) is 3.48. The molecule has 94 valence electrons. The van der Waals surface area contributed by atoms with Gasteiger partial charge in [0.05, 0.1) is 10.2 Å². The zero-order valence-electron chi connectivity index (χ0n) is 10.2. The van der Waals surface area contributed by atoms with Gasteiger partial charge in [-0.15, -0.1) is 0 Å². The maximum Gasteiger partial charge on any atom is 0.184 e. The van der Waals surface area contributed by atoms with Crippen molar-refractivity contribution in [1.82, 2.24) is 4.98 Å². The van der Waals surface area contributed by atoms with Gasteiger partial charge in [-0.25, -0.2) is 4.98 Å². The number of nitrogens with zero attached hydrogens (tertiary/aromatic N) is 1. The van der Waals surface area contributed by atoms with E-state index in [1.807, 2.05) is 18.2 Å². The van der Waals surface area contributed by atoms with Crippen molar-refractivity contribution >= 4 is 32.4 Å². The molecule has 0 saturated heterocycles. The van der Waals surface area contributed by atoms with Crippen LogP contribution >= 0.6 is 11.3 Å². The lowest BCUT2D eigenvalue weighted by Crippen LogP contribution is -2.23. The van der Waals surface area contributed by atoms with Crippen molar-refractivity contribution in [3.63, 3.8) is 0 Å². The Kier molecular flexibility index (Phi) is 2.27. The van der Waals surface area contributed by atoms with Crippen LogP contribution in [0.4, 0.5) is 10.8 Å². The molecule has 0 radical (unpaired) electrons. The first-order chi connectivity index (χ1) is 8.79. The quantitative estimate of drug-likeness (QED) is 0.826. The Morgan fingerprint density at radius 1 is 1.22 bits per heavy atom. The number of anilines is 2. The first-order valence-corrected chi connectivity index (χ1v) is 7.54. The van der Waals surface area contributed by atoms with Crippen LogP contribution in [0.1, 0.15) is 25.7 Å². The summed E-state index contributed by atoms with van der Waals surface area (Å²) in [5.41, 5.74) is 7.68. The lowest BCUT2D eigenvalue weighted by Gasteiger charge is -2.16. The molecule has 0 spiro atoms. The second kappa shape index (κ2) is 3.85. The van der Waals surface area contributed by atoms with Crippen molar-refractivity contribution in [2.75, 3.05) is 11.1 Å². The molecule has 1 aromatic carbocycles. The van der Waals surface area contributed by atoms with Gasteiger partial charge in [0, 0.05) is 11.7 Å². The number of thiazole rings is 1. The third-order valence-corrected chi connectivity index (χ3v) is 4.91. The van der Waals surface area contributed by atoms with Crippen molar-refractivity contribution in [2.24, 2.45) is 11.8 Å². The summed E-state index contributed by atoms with van der Waals surface area (Å²) in [6, 6.07) is 6.62. The molecule has 0 aliphatic heterocycles. The van der Waals surface area contributed by atoms with E-state index >= 15 is 0 Å². The second-order valence-corrected chi connectivity index (χ2v) is 6.62. The van der Waals surface area contributed by atoms with Crippen LogP contribution in [0, 0.1) is 11.8 Å². The summed E-state index contributed by atoms with van der Waals surface area (Å²) in [6.07, 6.45) is 5.58. The topological polar surface area (TPSA) is 50.9 Å². The molecule has 3 nitrogen and oxygen atoms in total. The van der Waals surface area contributed by atoms with Gasteiger partial charge in [-0.3, -0.25) is 0 Å². The Morgan fingerprint density at radius 2 is 1.94 bits per heavy atom. The second-order valence-electron chi connectivity index (χ2n) is 5.59. The third-order valence-electron chi connectivity index (χ3n) is 3.96. The molecule has 0 atom stereocenters. The molecular formula is C14H17N3S. The van der Waals surface area contributed by atoms with E-state index in [0.717, 1.165) is 28.2 Å². The van der Waals surface area contributed by atoms with Crippen molar-refractivity contribution < 1.29 is 0 Å². The zero-order chi connectivity index (χ0) is 12.1. The standard InChI is InChI=1S/C14H17N3S/c15-10-5-6-11-12(7-10)18-14(16-11)17-13(8-1-2-8)9-3-4-9/h5-9,13H,1-4,15H2,(H,16,17). The Balaban J connectivity index is 1.61. The fraction of sp³-hybridized carbons (Fsp3) is 0.500. The average Bonchev–Trinajstić information content (AvgIpc) is 3.23. The van der Waals surface area contributed by atoms with E-state index in [2.05, 4.69) is 10.3 Å². The van der Waals surface area contributed by atoms with E-state index in [1.54, 1.807) is 11.3 Å². The third kappa shape index (κ3) is 1.94. The van der Waals surface area contributed by atoms with Crippen LogP contribution in [-0.4, -0.2) is 11.0 Å². The molecule has 3 N–H and O–H groups in total. The SMILES string of the molecule is Nc1ccc2nc(NC(C3CC3)C3CC3)sc2c1.